The van der Waals surface area contributed by atoms with E-state index >= 15 is 0 Å². The molecule has 0 fully saturated rings. The maximum atomic E-state index is 12.2. The maximum Gasteiger partial charge on any atom is 0.251 e. The van der Waals surface area contributed by atoms with Gasteiger partial charge in [0.15, 0.2) is 0 Å². The van der Waals surface area contributed by atoms with Gasteiger partial charge in [0.05, 0.1) is 0 Å². The molecule has 2 aromatic rings. The molecule has 5 heteroatoms. The van der Waals surface area contributed by atoms with Crippen molar-refractivity contribution in [3.63, 3.8) is 0 Å². The molecule has 1 aliphatic rings. The van der Waals surface area contributed by atoms with Crippen LogP contribution in [0.2, 0.25) is 5.02 Å². The van der Waals surface area contributed by atoms with E-state index in [2.05, 4.69) is 16.7 Å². The highest BCUT2D eigenvalue weighted by molar-refractivity contribution is 7.98. The average Bonchev–Trinajstić information content (AvgIpc) is 2.67. The summed E-state index contributed by atoms with van der Waals surface area (Å²) in [5, 5.41) is 7.02. The molecule has 0 saturated heterocycles. The summed E-state index contributed by atoms with van der Waals surface area (Å²) in [6, 6.07) is 15.6. The van der Waals surface area contributed by atoms with Crippen LogP contribution in [0.15, 0.2) is 65.1 Å². The number of amides is 1. The molecule has 3 nitrogen and oxygen atoms in total. The maximum absolute atomic E-state index is 12.2. The third-order valence-electron chi connectivity index (χ3n) is 4.07. The highest BCUT2D eigenvalue weighted by Gasteiger charge is 2.08. The number of hydrogen-bond acceptors (Lipinski definition) is 3. The van der Waals surface area contributed by atoms with Gasteiger partial charge in [-0.2, -0.15) is 0 Å². The van der Waals surface area contributed by atoms with E-state index in [-0.39, 0.29) is 5.91 Å². The molecule has 0 saturated carbocycles. The average molecular weight is 373 g/mol. The van der Waals surface area contributed by atoms with Gasteiger partial charge in [-0.25, -0.2) is 0 Å². The van der Waals surface area contributed by atoms with Gasteiger partial charge in [0.25, 0.3) is 5.91 Å². The zero-order chi connectivity index (χ0) is 17.5. The number of thioether (sulfide) groups is 1. The molecule has 1 heterocycles. The normalized spacial score (nSPS) is 14.0. The Bertz CT molecular complexity index is 741. The van der Waals surface area contributed by atoms with Crippen LogP contribution >= 0.6 is 23.4 Å². The van der Waals surface area contributed by atoms with Gasteiger partial charge in [-0.1, -0.05) is 35.4 Å². The molecule has 0 bridgehead atoms. The molecule has 0 unspecified atom stereocenters. The molecule has 0 aromatic heterocycles. The summed E-state index contributed by atoms with van der Waals surface area (Å²) < 4.78 is 0. The first-order valence-corrected chi connectivity index (χ1v) is 9.71. The fourth-order valence-corrected chi connectivity index (χ4v) is 3.56. The summed E-state index contributed by atoms with van der Waals surface area (Å²) in [6.45, 7) is 2.52. The zero-order valence-corrected chi connectivity index (χ0v) is 15.5. The van der Waals surface area contributed by atoms with Crippen molar-refractivity contribution < 1.29 is 4.79 Å². The lowest BCUT2D eigenvalue weighted by atomic mass is 10.1. The Morgan fingerprint density at radius 1 is 1.12 bits per heavy atom. The molecular formula is C20H21ClN2OS. The van der Waals surface area contributed by atoms with Crippen molar-refractivity contribution in [1.29, 1.82) is 0 Å². The minimum atomic E-state index is -0.0173. The van der Waals surface area contributed by atoms with Gasteiger partial charge in [-0.05, 0) is 54.9 Å². The molecule has 0 atom stereocenters. The second-order valence-corrected chi connectivity index (χ2v) is 7.42. The van der Waals surface area contributed by atoms with Crippen molar-refractivity contribution in [2.75, 3.05) is 19.6 Å². The fourth-order valence-electron chi connectivity index (χ4n) is 2.58. The number of carbonyl (C=O) groups excluding carboxylic acids is 1. The van der Waals surface area contributed by atoms with Crippen LogP contribution in [-0.2, 0) is 5.75 Å². The van der Waals surface area contributed by atoms with Crippen molar-refractivity contribution in [1.82, 2.24) is 10.6 Å². The highest BCUT2D eigenvalue weighted by atomic mass is 35.5. The third kappa shape index (κ3) is 5.63. The molecule has 1 amide bonds. The largest absolute Gasteiger partial charge is 0.348 e. The van der Waals surface area contributed by atoms with Crippen LogP contribution in [0.1, 0.15) is 22.3 Å². The fraction of sp³-hybridized carbons (Fsp3) is 0.250. The summed E-state index contributed by atoms with van der Waals surface area (Å²) in [5.41, 5.74) is 3.19. The van der Waals surface area contributed by atoms with Crippen molar-refractivity contribution in [3.05, 3.63) is 76.3 Å². The molecule has 0 aliphatic carbocycles. The van der Waals surface area contributed by atoms with Gasteiger partial charge in [-0.3, -0.25) is 4.79 Å². The first-order chi connectivity index (χ1) is 12.2. The second-order valence-electron chi connectivity index (χ2n) is 5.94. The number of rotatable bonds is 6. The van der Waals surface area contributed by atoms with E-state index in [9.17, 15) is 4.79 Å². The number of benzene rings is 2. The van der Waals surface area contributed by atoms with E-state index < -0.39 is 0 Å². The van der Waals surface area contributed by atoms with Gasteiger partial charge >= 0.3 is 0 Å². The van der Waals surface area contributed by atoms with E-state index in [1.807, 2.05) is 48.5 Å². The van der Waals surface area contributed by atoms with E-state index in [0.29, 0.717) is 12.1 Å². The van der Waals surface area contributed by atoms with Crippen LogP contribution in [0.5, 0.6) is 0 Å². The van der Waals surface area contributed by atoms with E-state index in [4.69, 9.17) is 11.6 Å². The Morgan fingerprint density at radius 2 is 1.88 bits per heavy atom. The molecule has 0 spiro atoms. The number of carbonyl (C=O) groups is 1. The minimum Gasteiger partial charge on any atom is -0.348 e. The lowest BCUT2D eigenvalue weighted by Gasteiger charge is -2.14. The molecule has 2 aromatic carbocycles. The highest BCUT2D eigenvalue weighted by Crippen LogP contribution is 2.24. The Morgan fingerprint density at radius 3 is 2.56 bits per heavy atom. The SMILES string of the molecule is O=C(NCC1=CCNCC1)c1ccc(CSc2ccc(Cl)cc2)cc1. The molecule has 3 rings (SSSR count). The summed E-state index contributed by atoms with van der Waals surface area (Å²) in [6.07, 6.45) is 3.15. The lowest BCUT2D eigenvalue weighted by molar-refractivity contribution is 0.0956. The van der Waals surface area contributed by atoms with Crippen LogP contribution in [0.3, 0.4) is 0 Å². The van der Waals surface area contributed by atoms with Gasteiger partial charge in [0.2, 0.25) is 0 Å². The van der Waals surface area contributed by atoms with Gasteiger partial charge in [0, 0.05) is 34.3 Å². The zero-order valence-electron chi connectivity index (χ0n) is 13.9. The number of nitrogens with one attached hydrogen (secondary N) is 2. The van der Waals surface area contributed by atoms with Gasteiger partial charge in [-0.15, -0.1) is 11.8 Å². The van der Waals surface area contributed by atoms with Crippen LogP contribution in [0.4, 0.5) is 0 Å². The monoisotopic (exact) mass is 372 g/mol. The molecule has 25 heavy (non-hydrogen) atoms. The van der Waals surface area contributed by atoms with Crippen molar-refractivity contribution >= 4 is 29.3 Å². The van der Waals surface area contributed by atoms with Crippen molar-refractivity contribution in [2.45, 2.75) is 17.1 Å². The van der Waals surface area contributed by atoms with E-state index in [1.54, 1.807) is 11.8 Å². The Hall–Kier alpha value is -1.75. The van der Waals surface area contributed by atoms with Gasteiger partial charge < -0.3 is 10.6 Å². The first-order valence-electron chi connectivity index (χ1n) is 8.35. The van der Waals surface area contributed by atoms with E-state index in [1.165, 1.54) is 16.0 Å². The molecule has 1 aliphatic heterocycles. The quantitative estimate of drug-likeness (QED) is 0.587. The lowest BCUT2D eigenvalue weighted by Crippen LogP contribution is -2.29. The molecular weight excluding hydrogens is 352 g/mol. The predicted octanol–water partition coefficient (Wildman–Crippen LogP) is 4.28. The molecule has 130 valence electrons. The van der Waals surface area contributed by atoms with Crippen LogP contribution in [-0.4, -0.2) is 25.5 Å². The Kier molecular flexibility index (Phi) is 6.56. The number of hydrogen-bond donors (Lipinski definition) is 2. The minimum absolute atomic E-state index is 0.0173. The Labute approximate surface area is 157 Å². The van der Waals surface area contributed by atoms with Crippen LogP contribution in [0.25, 0.3) is 0 Å². The smallest absolute Gasteiger partial charge is 0.251 e. The summed E-state index contributed by atoms with van der Waals surface area (Å²) in [4.78, 5) is 13.4. The molecule has 0 radical (unpaired) electrons. The van der Waals surface area contributed by atoms with Crippen molar-refractivity contribution in [2.24, 2.45) is 0 Å². The Balaban J connectivity index is 1.49. The molecule has 2 N–H and O–H groups in total. The van der Waals surface area contributed by atoms with Crippen LogP contribution in [0, 0.1) is 0 Å². The van der Waals surface area contributed by atoms with Crippen LogP contribution < -0.4 is 10.6 Å². The topological polar surface area (TPSA) is 41.1 Å². The van der Waals surface area contributed by atoms with Gasteiger partial charge in [0.1, 0.15) is 0 Å². The van der Waals surface area contributed by atoms with Crippen molar-refractivity contribution in [3.8, 4) is 0 Å². The third-order valence-corrected chi connectivity index (χ3v) is 5.40. The summed E-state index contributed by atoms with van der Waals surface area (Å²) >= 11 is 7.65. The summed E-state index contributed by atoms with van der Waals surface area (Å²) in [7, 11) is 0. The summed E-state index contributed by atoms with van der Waals surface area (Å²) in [5.74, 6) is 0.847. The first kappa shape index (κ1) is 18.1. The standard InChI is InChI=1S/C20H21ClN2OS/c21-18-5-7-19(8-6-18)25-14-16-1-3-17(4-2-16)20(24)23-13-15-9-11-22-12-10-15/h1-9,22H,10-14H2,(H,23,24). The second kappa shape index (κ2) is 9.09. The van der Waals surface area contributed by atoms with E-state index in [0.717, 1.165) is 30.3 Å². The predicted molar refractivity (Wildman–Crippen MR) is 105 cm³/mol. The number of halogens is 1.